The number of hydrogen-bond donors (Lipinski definition) is 1. The van der Waals surface area contributed by atoms with E-state index < -0.39 is 29.6 Å². The summed E-state index contributed by atoms with van der Waals surface area (Å²) in [7, 11) is 0. The summed E-state index contributed by atoms with van der Waals surface area (Å²) in [4.78, 5) is 0. The summed E-state index contributed by atoms with van der Waals surface area (Å²) in [6.07, 6.45) is -9.70. The highest BCUT2D eigenvalue weighted by Gasteiger charge is 2.34. The van der Waals surface area contributed by atoms with E-state index in [-0.39, 0.29) is 11.1 Å². The molecule has 22 heavy (non-hydrogen) atoms. The van der Waals surface area contributed by atoms with Crippen molar-refractivity contribution in [3.05, 3.63) is 48.0 Å². The molecule has 0 fully saturated rings. The van der Waals surface area contributed by atoms with Crippen molar-refractivity contribution in [2.24, 2.45) is 0 Å². The summed E-state index contributed by atoms with van der Waals surface area (Å²) in [6, 6.07) is 7.24. The number of rotatable bonds is 2. The third-order valence-electron chi connectivity index (χ3n) is 2.73. The monoisotopic (exact) mass is 322 g/mol. The van der Waals surface area contributed by atoms with Crippen LogP contribution in [0.1, 0.15) is 5.56 Å². The second kappa shape index (κ2) is 5.43. The van der Waals surface area contributed by atoms with Crippen molar-refractivity contribution in [3.8, 4) is 22.6 Å². The molecule has 0 saturated heterocycles. The van der Waals surface area contributed by atoms with Gasteiger partial charge in [-0.15, -0.1) is 13.2 Å². The third kappa shape index (κ3) is 3.63. The lowest BCUT2D eigenvalue weighted by atomic mass is 10.0. The molecule has 0 bridgehead atoms. The number of halogens is 6. The molecule has 0 saturated carbocycles. The van der Waals surface area contributed by atoms with Crippen LogP contribution >= 0.6 is 0 Å². The molecule has 2 nitrogen and oxygen atoms in total. The quantitative estimate of drug-likeness (QED) is 0.791. The fourth-order valence-corrected chi connectivity index (χ4v) is 1.86. The standard InChI is InChI=1S/C14H8F6O2/c15-13(16,17)10-6-5-8(7-11(10)21)9-3-1-2-4-12(9)22-14(18,19)20/h1-7,21H. The second-order valence-corrected chi connectivity index (χ2v) is 4.27. The predicted molar refractivity (Wildman–Crippen MR) is 65.2 cm³/mol. The molecule has 0 aliphatic rings. The summed E-state index contributed by atoms with van der Waals surface area (Å²) in [6.45, 7) is 0. The molecule has 2 aromatic rings. The van der Waals surface area contributed by atoms with E-state index in [1.807, 2.05) is 0 Å². The number of benzene rings is 2. The van der Waals surface area contributed by atoms with E-state index in [1.165, 1.54) is 18.2 Å². The van der Waals surface area contributed by atoms with Crippen LogP contribution in [-0.4, -0.2) is 11.5 Å². The van der Waals surface area contributed by atoms with E-state index in [2.05, 4.69) is 4.74 Å². The molecule has 0 aliphatic carbocycles. The van der Waals surface area contributed by atoms with E-state index in [0.717, 1.165) is 18.2 Å². The molecule has 0 spiro atoms. The van der Waals surface area contributed by atoms with E-state index in [9.17, 15) is 31.4 Å². The van der Waals surface area contributed by atoms with Crippen LogP contribution in [0.2, 0.25) is 0 Å². The Labute approximate surface area is 120 Å². The Morgan fingerprint density at radius 1 is 0.864 bits per heavy atom. The molecule has 8 heteroatoms. The van der Waals surface area contributed by atoms with E-state index >= 15 is 0 Å². The molecule has 0 amide bonds. The molecular formula is C14H8F6O2. The van der Waals surface area contributed by atoms with Crippen molar-refractivity contribution in [1.29, 1.82) is 0 Å². The highest BCUT2D eigenvalue weighted by Crippen LogP contribution is 2.40. The summed E-state index contributed by atoms with van der Waals surface area (Å²) in [5, 5.41) is 9.43. The number of ether oxygens (including phenoxy) is 1. The third-order valence-corrected chi connectivity index (χ3v) is 2.73. The minimum absolute atomic E-state index is 0.0367. The van der Waals surface area contributed by atoms with Crippen LogP contribution in [0.25, 0.3) is 11.1 Å². The molecule has 0 aromatic heterocycles. The zero-order valence-corrected chi connectivity index (χ0v) is 10.7. The fourth-order valence-electron chi connectivity index (χ4n) is 1.86. The van der Waals surface area contributed by atoms with Crippen LogP contribution in [0.4, 0.5) is 26.3 Å². The summed E-state index contributed by atoms with van der Waals surface area (Å²) in [5.74, 6) is -1.65. The molecular weight excluding hydrogens is 314 g/mol. The minimum Gasteiger partial charge on any atom is -0.507 e. The fraction of sp³-hybridized carbons (Fsp3) is 0.143. The Hall–Kier alpha value is -2.38. The zero-order chi connectivity index (χ0) is 16.5. The summed E-state index contributed by atoms with van der Waals surface area (Å²) in [5.41, 5.74) is -1.40. The van der Waals surface area contributed by atoms with Gasteiger partial charge in [0.05, 0.1) is 5.56 Å². The van der Waals surface area contributed by atoms with Crippen LogP contribution in [0, 0.1) is 0 Å². The van der Waals surface area contributed by atoms with Crippen LogP contribution in [0.3, 0.4) is 0 Å². The lowest BCUT2D eigenvalue weighted by molar-refractivity contribution is -0.274. The van der Waals surface area contributed by atoms with Crippen LogP contribution in [-0.2, 0) is 6.18 Å². The smallest absolute Gasteiger partial charge is 0.507 e. The van der Waals surface area contributed by atoms with Gasteiger partial charge in [-0.2, -0.15) is 13.2 Å². The van der Waals surface area contributed by atoms with Gasteiger partial charge in [0.15, 0.2) is 0 Å². The Bertz CT molecular complexity index is 676. The molecule has 2 rings (SSSR count). The van der Waals surface area contributed by atoms with Crippen LogP contribution in [0.5, 0.6) is 11.5 Å². The molecule has 2 aromatic carbocycles. The highest BCUT2D eigenvalue weighted by molar-refractivity contribution is 5.72. The van der Waals surface area contributed by atoms with Gasteiger partial charge in [-0.05, 0) is 23.8 Å². The van der Waals surface area contributed by atoms with Crippen molar-refractivity contribution < 1.29 is 36.2 Å². The van der Waals surface area contributed by atoms with Crippen molar-refractivity contribution in [3.63, 3.8) is 0 Å². The van der Waals surface area contributed by atoms with E-state index in [1.54, 1.807) is 0 Å². The Morgan fingerprint density at radius 2 is 1.50 bits per heavy atom. The van der Waals surface area contributed by atoms with Gasteiger partial charge in [-0.25, -0.2) is 0 Å². The number of hydrogen-bond acceptors (Lipinski definition) is 2. The molecule has 0 radical (unpaired) electrons. The number of phenolic OH excluding ortho intramolecular Hbond substituents is 1. The Morgan fingerprint density at radius 3 is 2.05 bits per heavy atom. The van der Waals surface area contributed by atoms with Crippen molar-refractivity contribution in [2.45, 2.75) is 12.5 Å². The number of phenols is 1. The first-order valence-electron chi connectivity index (χ1n) is 5.83. The van der Waals surface area contributed by atoms with E-state index in [0.29, 0.717) is 6.07 Å². The first kappa shape index (κ1) is 16.0. The molecule has 118 valence electrons. The van der Waals surface area contributed by atoms with Crippen LogP contribution < -0.4 is 4.74 Å². The zero-order valence-electron chi connectivity index (χ0n) is 10.7. The molecule has 1 N–H and O–H groups in total. The highest BCUT2D eigenvalue weighted by atomic mass is 19.4. The van der Waals surface area contributed by atoms with Gasteiger partial charge < -0.3 is 9.84 Å². The van der Waals surface area contributed by atoms with Crippen molar-refractivity contribution in [1.82, 2.24) is 0 Å². The lowest BCUT2D eigenvalue weighted by Crippen LogP contribution is -2.17. The van der Waals surface area contributed by atoms with Gasteiger partial charge >= 0.3 is 12.5 Å². The molecule has 0 heterocycles. The first-order chi connectivity index (χ1) is 10.1. The normalized spacial score (nSPS) is 12.3. The topological polar surface area (TPSA) is 29.5 Å². The summed E-state index contributed by atoms with van der Waals surface area (Å²) >= 11 is 0. The maximum absolute atomic E-state index is 12.6. The van der Waals surface area contributed by atoms with Gasteiger partial charge in [0, 0.05) is 5.56 Å². The van der Waals surface area contributed by atoms with Gasteiger partial charge in [0.2, 0.25) is 0 Å². The average molecular weight is 322 g/mol. The number of para-hydroxylation sites is 1. The summed E-state index contributed by atoms with van der Waals surface area (Å²) < 4.78 is 78.4. The maximum atomic E-state index is 12.6. The molecule has 0 unspecified atom stereocenters. The van der Waals surface area contributed by atoms with Gasteiger partial charge in [0.25, 0.3) is 0 Å². The average Bonchev–Trinajstić information content (AvgIpc) is 2.35. The predicted octanol–water partition coefficient (Wildman–Crippen LogP) is 4.98. The molecule has 0 atom stereocenters. The van der Waals surface area contributed by atoms with Gasteiger partial charge in [0.1, 0.15) is 11.5 Å². The Kier molecular flexibility index (Phi) is 3.95. The largest absolute Gasteiger partial charge is 0.573 e. The lowest BCUT2D eigenvalue weighted by Gasteiger charge is -2.14. The Balaban J connectivity index is 2.47. The van der Waals surface area contributed by atoms with Crippen LogP contribution in [0.15, 0.2) is 42.5 Å². The van der Waals surface area contributed by atoms with Crippen molar-refractivity contribution >= 4 is 0 Å². The number of aromatic hydroxyl groups is 1. The van der Waals surface area contributed by atoms with Crippen molar-refractivity contribution in [2.75, 3.05) is 0 Å². The second-order valence-electron chi connectivity index (χ2n) is 4.27. The van der Waals surface area contributed by atoms with Gasteiger partial charge in [-0.1, -0.05) is 24.3 Å². The first-order valence-corrected chi connectivity index (χ1v) is 5.83. The SMILES string of the molecule is Oc1cc(-c2ccccc2OC(F)(F)F)ccc1C(F)(F)F. The number of alkyl halides is 6. The molecule has 0 aliphatic heterocycles. The maximum Gasteiger partial charge on any atom is 0.573 e. The van der Waals surface area contributed by atoms with E-state index in [4.69, 9.17) is 0 Å². The van der Waals surface area contributed by atoms with Gasteiger partial charge in [-0.3, -0.25) is 0 Å². The minimum atomic E-state index is -4.94.